The van der Waals surface area contributed by atoms with Crippen LogP contribution in [-0.2, 0) is 28.6 Å². The summed E-state index contributed by atoms with van der Waals surface area (Å²) in [5.74, 6) is -0.838. The molecule has 0 aliphatic heterocycles. The summed E-state index contributed by atoms with van der Waals surface area (Å²) in [5, 5.41) is 0. The van der Waals surface area contributed by atoms with Crippen molar-refractivity contribution >= 4 is 17.9 Å². The highest BCUT2D eigenvalue weighted by molar-refractivity contribution is 5.71. The van der Waals surface area contributed by atoms with Crippen LogP contribution in [0.15, 0.2) is 0 Å². The smallest absolute Gasteiger partial charge is 0.306 e. The highest BCUT2D eigenvalue weighted by Gasteiger charge is 2.19. The van der Waals surface area contributed by atoms with Crippen molar-refractivity contribution in [2.24, 2.45) is 0 Å². The number of hydrogen-bond donors (Lipinski definition) is 0. The molecule has 0 N–H and O–H groups in total. The maximum atomic E-state index is 12.8. The van der Waals surface area contributed by atoms with Gasteiger partial charge in [0.2, 0.25) is 0 Å². The van der Waals surface area contributed by atoms with Gasteiger partial charge in [-0.1, -0.05) is 265 Å². The van der Waals surface area contributed by atoms with Gasteiger partial charge >= 0.3 is 17.9 Å². The maximum absolute atomic E-state index is 12.8. The van der Waals surface area contributed by atoms with Gasteiger partial charge in [0.25, 0.3) is 0 Å². The zero-order valence-electron chi connectivity index (χ0n) is 40.1. The summed E-state index contributed by atoms with van der Waals surface area (Å²) >= 11 is 0. The van der Waals surface area contributed by atoms with Crippen LogP contribution in [0.5, 0.6) is 0 Å². The Morgan fingerprint density at radius 1 is 0.271 bits per heavy atom. The van der Waals surface area contributed by atoms with Gasteiger partial charge in [-0.05, 0) is 19.3 Å². The van der Waals surface area contributed by atoms with E-state index in [1.807, 2.05) is 0 Å². The van der Waals surface area contributed by atoms with Crippen LogP contribution in [0, 0.1) is 0 Å². The Balaban J connectivity index is 4.30. The topological polar surface area (TPSA) is 78.9 Å². The second-order valence-electron chi connectivity index (χ2n) is 18.2. The normalized spacial score (nSPS) is 11.4. The van der Waals surface area contributed by atoms with Crippen molar-refractivity contribution in [1.82, 2.24) is 0 Å². The van der Waals surface area contributed by atoms with Gasteiger partial charge in [0.05, 0.1) is 0 Å². The van der Waals surface area contributed by atoms with Crippen LogP contribution in [-0.4, -0.2) is 37.2 Å². The molecule has 0 atom stereocenters. The molecule has 59 heavy (non-hydrogen) atoms. The van der Waals surface area contributed by atoms with Crippen molar-refractivity contribution in [3.05, 3.63) is 0 Å². The van der Waals surface area contributed by atoms with Crippen LogP contribution in [0.1, 0.15) is 303 Å². The maximum Gasteiger partial charge on any atom is 0.306 e. The van der Waals surface area contributed by atoms with Gasteiger partial charge in [0, 0.05) is 19.3 Å². The standard InChI is InChI=1S/C53H102O6/c1-4-7-10-13-16-19-22-25-26-29-32-35-38-41-44-47-53(56)59-50(48-57-51(54)45-42-39-36-33-30-27-23-20-17-14-11-8-5-2)49-58-52(55)46-43-40-37-34-31-28-24-21-18-15-12-9-6-3/h50H,4-49H2,1-3H3. The molecule has 0 saturated carbocycles. The summed E-state index contributed by atoms with van der Waals surface area (Å²) in [6, 6.07) is 0. The van der Waals surface area contributed by atoms with Crippen molar-refractivity contribution < 1.29 is 28.6 Å². The number of hydrogen-bond acceptors (Lipinski definition) is 6. The van der Waals surface area contributed by atoms with Crippen molar-refractivity contribution in [3.63, 3.8) is 0 Å². The summed E-state index contributed by atoms with van der Waals surface area (Å²) in [6.07, 6.45) is 52.2. The van der Waals surface area contributed by atoms with Gasteiger partial charge in [0.15, 0.2) is 6.10 Å². The molecule has 6 nitrogen and oxygen atoms in total. The molecular weight excluding hydrogens is 733 g/mol. The molecule has 0 amide bonds. The van der Waals surface area contributed by atoms with Gasteiger partial charge in [-0.25, -0.2) is 0 Å². The monoisotopic (exact) mass is 835 g/mol. The quantitative estimate of drug-likeness (QED) is 0.0345. The molecule has 0 radical (unpaired) electrons. The predicted molar refractivity (Wildman–Crippen MR) is 252 cm³/mol. The molecule has 0 fully saturated rings. The van der Waals surface area contributed by atoms with E-state index in [1.165, 1.54) is 205 Å². The zero-order valence-corrected chi connectivity index (χ0v) is 40.1. The van der Waals surface area contributed by atoms with E-state index in [1.54, 1.807) is 0 Å². The van der Waals surface area contributed by atoms with Crippen molar-refractivity contribution in [1.29, 1.82) is 0 Å². The molecule has 0 aromatic heterocycles. The Morgan fingerprint density at radius 2 is 0.458 bits per heavy atom. The van der Waals surface area contributed by atoms with Crippen molar-refractivity contribution in [2.45, 2.75) is 309 Å². The number of ether oxygens (including phenoxy) is 3. The minimum absolute atomic E-state index is 0.0616. The first kappa shape index (κ1) is 57.4. The van der Waals surface area contributed by atoms with Gasteiger partial charge < -0.3 is 14.2 Å². The fourth-order valence-electron chi connectivity index (χ4n) is 8.09. The van der Waals surface area contributed by atoms with E-state index in [0.29, 0.717) is 19.3 Å². The highest BCUT2D eigenvalue weighted by Crippen LogP contribution is 2.17. The summed E-state index contributed by atoms with van der Waals surface area (Å²) in [7, 11) is 0. The second-order valence-corrected chi connectivity index (χ2v) is 18.2. The van der Waals surface area contributed by atoms with Crippen molar-refractivity contribution in [3.8, 4) is 0 Å². The summed E-state index contributed by atoms with van der Waals surface area (Å²) in [6.45, 7) is 6.68. The highest BCUT2D eigenvalue weighted by atomic mass is 16.6. The first-order valence-corrected chi connectivity index (χ1v) is 26.5. The third-order valence-corrected chi connectivity index (χ3v) is 12.1. The number of carbonyl (C=O) groups excluding carboxylic acids is 3. The lowest BCUT2D eigenvalue weighted by Crippen LogP contribution is -2.30. The average Bonchev–Trinajstić information content (AvgIpc) is 3.23. The van der Waals surface area contributed by atoms with Crippen LogP contribution in [0.25, 0.3) is 0 Å². The zero-order chi connectivity index (χ0) is 43.0. The molecule has 0 bridgehead atoms. The molecule has 0 spiro atoms. The average molecular weight is 835 g/mol. The van der Waals surface area contributed by atoms with E-state index in [9.17, 15) is 14.4 Å². The molecule has 0 aromatic rings. The Kier molecular flexibility index (Phi) is 47.7. The van der Waals surface area contributed by atoms with Crippen LogP contribution in [0.3, 0.4) is 0 Å². The van der Waals surface area contributed by atoms with Crippen molar-refractivity contribution in [2.75, 3.05) is 13.2 Å². The Morgan fingerprint density at radius 3 is 0.678 bits per heavy atom. The van der Waals surface area contributed by atoms with E-state index in [-0.39, 0.29) is 31.1 Å². The minimum Gasteiger partial charge on any atom is -0.462 e. The number of unbranched alkanes of at least 4 members (excludes halogenated alkanes) is 38. The summed E-state index contributed by atoms with van der Waals surface area (Å²) < 4.78 is 16.8. The molecular formula is C53H102O6. The van der Waals surface area contributed by atoms with E-state index in [0.717, 1.165) is 57.8 Å². The molecule has 0 unspecified atom stereocenters. The lowest BCUT2D eigenvalue weighted by Gasteiger charge is -2.18. The fraction of sp³-hybridized carbons (Fsp3) is 0.943. The fourth-order valence-corrected chi connectivity index (χ4v) is 8.09. The summed E-state index contributed by atoms with van der Waals surface area (Å²) in [5.41, 5.74) is 0. The largest absolute Gasteiger partial charge is 0.462 e. The van der Waals surface area contributed by atoms with Gasteiger partial charge in [-0.3, -0.25) is 14.4 Å². The lowest BCUT2D eigenvalue weighted by molar-refractivity contribution is -0.167. The number of esters is 3. The van der Waals surface area contributed by atoms with Crippen LogP contribution >= 0.6 is 0 Å². The van der Waals surface area contributed by atoms with E-state index < -0.39 is 6.10 Å². The molecule has 0 aliphatic rings. The number of rotatable bonds is 49. The van der Waals surface area contributed by atoms with Gasteiger partial charge in [-0.15, -0.1) is 0 Å². The molecule has 6 heteroatoms. The molecule has 0 heterocycles. The van der Waals surface area contributed by atoms with E-state index in [2.05, 4.69) is 20.8 Å². The Labute approximate surface area is 368 Å². The molecule has 0 aromatic carbocycles. The summed E-state index contributed by atoms with van der Waals surface area (Å²) in [4.78, 5) is 38.0. The number of carbonyl (C=O) groups is 3. The molecule has 0 rings (SSSR count). The lowest BCUT2D eigenvalue weighted by atomic mass is 10.0. The third kappa shape index (κ3) is 47.3. The molecule has 0 aliphatic carbocycles. The van der Waals surface area contributed by atoms with Crippen LogP contribution in [0.4, 0.5) is 0 Å². The SMILES string of the molecule is CCCCCCCCCCCCCCCCCC(=O)OC(COC(=O)CCCCCCCCCCCCCCC)COC(=O)CCCCCCCCCCCCCCC. The van der Waals surface area contributed by atoms with Gasteiger partial charge in [0.1, 0.15) is 13.2 Å². The second kappa shape index (κ2) is 49.1. The first-order chi connectivity index (χ1) is 29.0. The molecule has 0 saturated heterocycles. The van der Waals surface area contributed by atoms with E-state index >= 15 is 0 Å². The Bertz CT molecular complexity index is 828. The van der Waals surface area contributed by atoms with Gasteiger partial charge in [-0.2, -0.15) is 0 Å². The van der Waals surface area contributed by atoms with E-state index in [4.69, 9.17) is 14.2 Å². The third-order valence-electron chi connectivity index (χ3n) is 12.1. The van der Waals surface area contributed by atoms with Crippen LogP contribution in [0.2, 0.25) is 0 Å². The first-order valence-electron chi connectivity index (χ1n) is 26.5. The predicted octanol–water partition coefficient (Wildman–Crippen LogP) is 17.2. The minimum atomic E-state index is -0.759. The molecule has 350 valence electrons. The Hall–Kier alpha value is -1.59. The van der Waals surface area contributed by atoms with Crippen LogP contribution < -0.4 is 0 Å².